The van der Waals surface area contributed by atoms with Crippen LogP contribution in [0.15, 0.2) is 23.2 Å². The predicted molar refractivity (Wildman–Crippen MR) is 111 cm³/mol. The topological polar surface area (TPSA) is 52.6 Å². The Bertz CT molecular complexity index is 698. The molecule has 0 spiro atoms. The number of nitrogens with zero attached hydrogens (tertiary/aromatic N) is 4. The molecule has 7 nitrogen and oxygen atoms in total. The Hall–Kier alpha value is -1.99. The number of rotatable bonds is 6. The SMILES string of the molecule is CN=C(NCC(C)N(C)C1CC1)N1CCN(Cc2ccc3c(c2)OCO3)CC1. The third-order valence-electron chi connectivity index (χ3n) is 6.10. The summed E-state index contributed by atoms with van der Waals surface area (Å²) >= 11 is 0. The fourth-order valence-electron chi connectivity index (χ4n) is 3.97. The molecule has 1 saturated heterocycles. The molecule has 1 atom stereocenters. The lowest BCUT2D eigenvalue weighted by Gasteiger charge is -2.37. The summed E-state index contributed by atoms with van der Waals surface area (Å²) in [6.45, 7) is 8.57. The maximum atomic E-state index is 5.50. The zero-order valence-corrected chi connectivity index (χ0v) is 17.4. The Morgan fingerprint density at radius 2 is 1.96 bits per heavy atom. The van der Waals surface area contributed by atoms with E-state index in [2.05, 4.69) is 51.1 Å². The van der Waals surface area contributed by atoms with Crippen molar-refractivity contribution < 1.29 is 9.47 Å². The molecule has 1 aromatic rings. The van der Waals surface area contributed by atoms with E-state index in [9.17, 15) is 0 Å². The number of fused-ring (bicyclic) bond motifs is 1. The highest BCUT2D eigenvalue weighted by Crippen LogP contribution is 2.32. The molecule has 154 valence electrons. The Kier molecular flexibility index (Phi) is 5.92. The van der Waals surface area contributed by atoms with Crippen molar-refractivity contribution in [3.63, 3.8) is 0 Å². The zero-order valence-electron chi connectivity index (χ0n) is 17.4. The van der Waals surface area contributed by atoms with E-state index in [4.69, 9.17) is 9.47 Å². The van der Waals surface area contributed by atoms with Gasteiger partial charge in [-0.15, -0.1) is 0 Å². The van der Waals surface area contributed by atoms with E-state index < -0.39 is 0 Å². The van der Waals surface area contributed by atoms with E-state index in [0.29, 0.717) is 12.8 Å². The molecule has 0 radical (unpaired) electrons. The number of likely N-dealkylation sites (N-methyl/N-ethyl adjacent to an activating group) is 1. The van der Waals surface area contributed by atoms with Gasteiger partial charge in [0.2, 0.25) is 6.79 Å². The molecule has 0 aromatic heterocycles. The second-order valence-corrected chi connectivity index (χ2v) is 8.12. The van der Waals surface area contributed by atoms with Crippen LogP contribution in [0.1, 0.15) is 25.3 Å². The van der Waals surface area contributed by atoms with Crippen molar-refractivity contribution in [2.75, 3.05) is 53.6 Å². The van der Waals surface area contributed by atoms with E-state index in [-0.39, 0.29) is 0 Å². The number of aliphatic imine (C=N–C) groups is 1. The van der Waals surface area contributed by atoms with Gasteiger partial charge < -0.3 is 19.7 Å². The van der Waals surface area contributed by atoms with Gasteiger partial charge in [0.05, 0.1) is 0 Å². The van der Waals surface area contributed by atoms with Gasteiger partial charge in [0, 0.05) is 58.4 Å². The third-order valence-corrected chi connectivity index (χ3v) is 6.10. The molecular formula is C21H33N5O2. The van der Waals surface area contributed by atoms with Crippen LogP contribution in [0.25, 0.3) is 0 Å². The maximum Gasteiger partial charge on any atom is 0.231 e. The normalized spacial score (nSPS) is 21.3. The summed E-state index contributed by atoms with van der Waals surface area (Å²) in [4.78, 5) is 11.9. The molecule has 2 fully saturated rings. The fourth-order valence-corrected chi connectivity index (χ4v) is 3.97. The summed E-state index contributed by atoms with van der Waals surface area (Å²) in [5.41, 5.74) is 1.28. The van der Waals surface area contributed by atoms with Gasteiger partial charge in [0.25, 0.3) is 0 Å². The number of guanidine groups is 1. The van der Waals surface area contributed by atoms with Crippen molar-refractivity contribution in [1.29, 1.82) is 0 Å². The second-order valence-electron chi connectivity index (χ2n) is 8.12. The van der Waals surface area contributed by atoms with Crippen LogP contribution in [-0.2, 0) is 6.54 Å². The van der Waals surface area contributed by atoms with Crippen LogP contribution in [-0.4, -0.2) is 86.4 Å². The average Bonchev–Trinajstić information content (AvgIpc) is 3.46. The first-order valence-corrected chi connectivity index (χ1v) is 10.4. The van der Waals surface area contributed by atoms with E-state index >= 15 is 0 Å². The van der Waals surface area contributed by atoms with Crippen LogP contribution in [0.5, 0.6) is 11.5 Å². The van der Waals surface area contributed by atoms with Gasteiger partial charge in [0.1, 0.15) is 0 Å². The van der Waals surface area contributed by atoms with Crippen molar-refractivity contribution in [1.82, 2.24) is 20.0 Å². The number of benzene rings is 1. The molecule has 1 aromatic carbocycles. The van der Waals surface area contributed by atoms with E-state index in [1.807, 2.05) is 13.1 Å². The first kappa shape index (κ1) is 19.3. The first-order chi connectivity index (χ1) is 13.6. The highest BCUT2D eigenvalue weighted by Gasteiger charge is 2.29. The monoisotopic (exact) mass is 387 g/mol. The lowest BCUT2D eigenvalue weighted by Crippen LogP contribution is -2.53. The van der Waals surface area contributed by atoms with Crippen LogP contribution < -0.4 is 14.8 Å². The number of hydrogen-bond donors (Lipinski definition) is 1. The summed E-state index contributed by atoms with van der Waals surface area (Å²) in [5.74, 6) is 2.75. The summed E-state index contributed by atoms with van der Waals surface area (Å²) in [6, 6.07) is 7.57. The van der Waals surface area contributed by atoms with E-state index in [1.165, 1.54) is 18.4 Å². The standard InChI is InChI=1S/C21H33N5O2/c1-16(24(3)18-5-6-18)13-23-21(22-2)26-10-8-25(9-11-26)14-17-4-7-19-20(12-17)28-15-27-19/h4,7,12,16,18H,5-6,8-11,13-15H2,1-3H3,(H,22,23). The number of piperazine rings is 1. The molecule has 0 bridgehead atoms. The molecular weight excluding hydrogens is 354 g/mol. The summed E-state index contributed by atoms with van der Waals surface area (Å²) < 4.78 is 10.9. The smallest absolute Gasteiger partial charge is 0.231 e. The molecule has 1 aliphatic carbocycles. The van der Waals surface area contributed by atoms with Crippen LogP contribution in [0.2, 0.25) is 0 Å². The minimum absolute atomic E-state index is 0.332. The Labute approximate surface area is 168 Å². The lowest BCUT2D eigenvalue weighted by molar-refractivity contribution is 0.170. The molecule has 1 unspecified atom stereocenters. The minimum Gasteiger partial charge on any atom is -0.454 e. The molecule has 28 heavy (non-hydrogen) atoms. The van der Waals surface area contributed by atoms with Crippen LogP contribution >= 0.6 is 0 Å². The molecule has 0 amide bonds. The number of hydrogen-bond acceptors (Lipinski definition) is 5. The zero-order chi connectivity index (χ0) is 19.5. The van der Waals surface area contributed by atoms with Gasteiger partial charge in [-0.05, 0) is 44.5 Å². The first-order valence-electron chi connectivity index (χ1n) is 10.4. The van der Waals surface area contributed by atoms with Crippen molar-refractivity contribution in [2.24, 2.45) is 4.99 Å². The lowest BCUT2D eigenvalue weighted by atomic mass is 10.1. The van der Waals surface area contributed by atoms with Gasteiger partial charge in [-0.25, -0.2) is 0 Å². The fraction of sp³-hybridized carbons (Fsp3) is 0.667. The van der Waals surface area contributed by atoms with Gasteiger partial charge in [-0.1, -0.05) is 6.07 Å². The van der Waals surface area contributed by atoms with Gasteiger partial charge in [-0.3, -0.25) is 14.8 Å². The molecule has 1 N–H and O–H groups in total. The summed E-state index contributed by atoms with van der Waals surface area (Å²) in [7, 11) is 4.12. The van der Waals surface area contributed by atoms with Crippen LogP contribution in [0, 0.1) is 0 Å². The summed E-state index contributed by atoms with van der Waals surface area (Å²) in [6.07, 6.45) is 2.70. The number of ether oxygens (including phenoxy) is 2. The van der Waals surface area contributed by atoms with Gasteiger partial charge in [-0.2, -0.15) is 0 Å². The van der Waals surface area contributed by atoms with E-state index in [0.717, 1.165) is 62.8 Å². The van der Waals surface area contributed by atoms with Crippen LogP contribution in [0.4, 0.5) is 0 Å². The van der Waals surface area contributed by atoms with Gasteiger partial charge in [0.15, 0.2) is 17.5 Å². The largest absolute Gasteiger partial charge is 0.454 e. The Balaban J connectivity index is 1.23. The van der Waals surface area contributed by atoms with Crippen molar-refractivity contribution in [3.05, 3.63) is 23.8 Å². The van der Waals surface area contributed by atoms with Crippen molar-refractivity contribution >= 4 is 5.96 Å². The highest BCUT2D eigenvalue weighted by molar-refractivity contribution is 5.80. The summed E-state index contributed by atoms with van der Waals surface area (Å²) in [5, 5.41) is 3.58. The molecule has 1 saturated carbocycles. The molecule has 7 heteroatoms. The predicted octanol–water partition coefficient (Wildman–Crippen LogP) is 1.59. The van der Waals surface area contributed by atoms with Gasteiger partial charge >= 0.3 is 0 Å². The highest BCUT2D eigenvalue weighted by atomic mass is 16.7. The van der Waals surface area contributed by atoms with Crippen LogP contribution in [0.3, 0.4) is 0 Å². The molecule has 4 rings (SSSR count). The maximum absolute atomic E-state index is 5.50. The molecule has 3 aliphatic rings. The number of nitrogens with one attached hydrogen (secondary N) is 1. The second kappa shape index (κ2) is 8.57. The third kappa shape index (κ3) is 4.52. The Morgan fingerprint density at radius 3 is 2.68 bits per heavy atom. The molecule has 2 aliphatic heterocycles. The van der Waals surface area contributed by atoms with Crippen molar-refractivity contribution in [3.8, 4) is 11.5 Å². The van der Waals surface area contributed by atoms with Crippen molar-refractivity contribution in [2.45, 2.75) is 38.4 Å². The van der Waals surface area contributed by atoms with E-state index in [1.54, 1.807) is 0 Å². The quantitative estimate of drug-likeness (QED) is 0.591. The average molecular weight is 388 g/mol. The molecule has 2 heterocycles. The minimum atomic E-state index is 0.332. The Morgan fingerprint density at radius 1 is 1.21 bits per heavy atom.